The number of carboxylic acid groups (broad SMARTS) is 1. The van der Waals surface area contributed by atoms with Crippen molar-refractivity contribution in [1.29, 1.82) is 0 Å². The average Bonchev–Trinajstić information content (AvgIpc) is 2.77. The number of carbonyl (C=O) groups excluding carboxylic acids is 2. The molecule has 2 saturated carbocycles. The summed E-state index contributed by atoms with van der Waals surface area (Å²) in [6, 6.07) is 0.577. The number of aliphatic carboxylic acids is 1. The summed E-state index contributed by atoms with van der Waals surface area (Å²) < 4.78 is 9.62. The second-order valence-corrected chi connectivity index (χ2v) is 9.98. The number of amides is 2. The maximum absolute atomic E-state index is 11.5. The monoisotopic (exact) mass is 483 g/mol. The Morgan fingerprint density at radius 2 is 1.50 bits per heavy atom. The summed E-state index contributed by atoms with van der Waals surface area (Å²) in [5.74, 6) is -1.22. The molecule has 34 heavy (non-hydrogen) atoms. The van der Waals surface area contributed by atoms with Crippen molar-refractivity contribution in [2.45, 2.75) is 115 Å². The van der Waals surface area contributed by atoms with Crippen LogP contribution in [0.3, 0.4) is 0 Å². The van der Waals surface area contributed by atoms with Crippen LogP contribution in [-0.2, 0) is 14.3 Å². The maximum Gasteiger partial charge on any atom is 0.408 e. The van der Waals surface area contributed by atoms with Gasteiger partial charge in [0.1, 0.15) is 18.2 Å². The van der Waals surface area contributed by atoms with E-state index < -0.39 is 29.8 Å². The Kier molecular flexibility index (Phi) is 14.3. The minimum absolute atomic E-state index is 0.00222. The molecule has 2 fully saturated rings. The zero-order valence-electron chi connectivity index (χ0n) is 21.2. The number of hydrogen-bond donors (Lipinski definition) is 4. The van der Waals surface area contributed by atoms with Crippen LogP contribution in [0.2, 0.25) is 0 Å². The van der Waals surface area contributed by atoms with Crippen molar-refractivity contribution in [2.24, 2.45) is 0 Å². The van der Waals surface area contributed by atoms with E-state index in [0.29, 0.717) is 0 Å². The molecule has 0 aromatic carbocycles. The van der Waals surface area contributed by atoms with Crippen molar-refractivity contribution in [1.82, 2.24) is 16.0 Å². The Labute approximate surface area is 204 Å². The molecule has 0 bridgehead atoms. The quantitative estimate of drug-likeness (QED) is 0.356. The molecule has 0 unspecified atom stereocenters. The summed E-state index contributed by atoms with van der Waals surface area (Å²) in [5.41, 5.74) is -0.722. The van der Waals surface area contributed by atoms with Crippen molar-refractivity contribution in [3.8, 4) is 0 Å². The van der Waals surface area contributed by atoms with Gasteiger partial charge in [-0.3, -0.25) is 0 Å². The second kappa shape index (κ2) is 16.4. The molecule has 9 nitrogen and oxygen atoms in total. The zero-order chi connectivity index (χ0) is 25.4. The summed E-state index contributed by atoms with van der Waals surface area (Å²) in [4.78, 5) is 33.6. The molecule has 2 amide bonds. The van der Waals surface area contributed by atoms with Gasteiger partial charge < -0.3 is 30.5 Å². The van der Waals surface area contributed by atoms with Crippen molar-refractivity contribution < 1.29 is 29.0 Å². The van der Waals surface area contributed by atoms with Crippen LogP contribution < -0.4 is 16.0 Å². The van der Waals surface area contributed by atoms with E-state index in [-0.39, 0.29) is 19.6 Å². The minimum atomic E-state index is -1.22. The molecule has 0 saturated heterocycles. The summed E-state index contributed by atoms with van der Waals surface area (Å²) in [6.45, 7) is 8.47. The van der Waals surface area contributed by atoms with Crippen LogP contribution in [-0.4, -0.2) is 60.1 Å². The molecule has 0 aromatic heterocycles. The largest absolute Gasteiger partial charge is 0.480 e. The van der Waals surface area contributed by atoms with Crippen LogP contribution in [0.4, 0.5) is 9.59 Å². The highest BCUT2D eigenvalue weighted by atomic mass is 16.6. The molecule has 2 aliphatic carbocycles. The highest BCUT2D eigenvalue weighted by Crippen LogP contribution is 2.22. The van der Waals surface area contributed by atoms with E-state index in [4.69, 9.17) is 9.84 Å². The lowest BCUT2D eigenvalue weighted by molar-refractivity contribution is -0.139. The van der Waals surface area contributed by atoms with Gasteiger partial charge >= 0.3 is 18.2 Å². The van der Waals surface area contributed by atoms with Crippen LogP contribution in [0.25, 0.3) is 0 Å². The summed E-state index contributed by atoms with van der Waals surface area (Å²) in [6.07, 6.45) is 14.5. The fraction of sp³-hybridized carbons (Fsp3) is 0.800. The molecule has 2 rings (SSSR count). The molecular weight excluding hydrogens is 438 g/mol. The van der Waals surface area contributed by atoms with Gasteiger partial charge in [-0.15, -0.1) is 0 Å². The fourth-order valence-corrected chi connectivity index (χ4v) is 4.08. The topological polar surface area (TPSA) is 126 Å². The lowest BCUT2D eigenvalue weighted by atomic mass is 9.91. The normalized spacial score (nSPS) is 18.0. The van der Waals surface area contributed by atoms with Gasteiger partial charge in [0.05, 0.1) is 0 Å². The SMILES string of the molecule is C1CCC(NC2CCCCC2)CC1.C=CCOC(=O)NCC[C@H](NC(=O)OC(C)(C)C)C(=O)O. The highest BCUT2D eigenvalue weighted by Gasteiger charge is 2.24. The number of carbonyl (C=O) groups is 3. The van der Waals surface area contributed by atoms with Crippen molar-refractivity contribution >= 4 is 18.2 Å². The van der Waals surface area contributed by atoms with E-state index in [2.05, 4.69) is 27.3 Å². The third-order valence-corrected chi connectivity index (χ3v) is 5.71. The zero-order valence-corrected chi connectivity index (χ0v) is 21.2. The van der Waals surface area contributed by atoms with Gasteiger partial charge in [0.2, 0.25) is 0 Å². The molecule has 0 radical (unpaired) electrons. The average molecular weight is 484 g/mol. The Morgan fingerprint density at radius 3 is 1.94 bits per heavy atom. The van der Waals surface area contributed by atoms with E-state index >= 15 is 0 Å². The van der Waals surface area contributed by atoms with E-state index in [1.807, 2.05) is 0 Å². The van der Waals surface area contributed by atoms with Gasteiger partial charge in [-0.05, 0) is 52.9 Å². The molecular formula is C25H45N3O6. The second-order valence-electron chi connectivity index (χ2n) is 9.98. The van der Waals surface area contributed by atoms with Crippen LogP contribution in [0.1, 0.15) is 91.4 Å². The lowest BCUT2D eigenvalue weighted by Crippen LogP contribution is -2.45. The minimum Gasteiger partial charge on any atom is -0.480 e. The molecule has 0 aromatic rings. The van der Waals surface area contributed by atoms with Gasteiger partial charge in [-0.1, -0.05) is 51.2 Å². The molecule has 0 spiro atoms. The molecule has 1 atom stereocenters. The standard InChI is InChI=1S/C13H22N2O6.C12H23N/c1-5-8-20-11(18)14-7-6-9(10(16)17)15-12(19)21-13(2,3)4;1-3-7-11(8-4-1)13-12-9-5-2-6-10-12/h5,9H,1,6-8H2,2-4H3,(H,14,18)(H,15,19)(H,16,17);11-13H,1-10H2/t9-;/m0./s1. The predicted octanol–water partition coefficient (Wildman–Crippen LogP) is 4.51. The van der Waals surface area contributed by atoms with Crippen molar-refractivity contribution in [2.75, 3.05) is 13.2 Å². The molecule has 9 heteroatoms. The van der Waals surface area contributed by atoms with Crippen LogP contribution >= 0.6 is 0 Å². The highest BCUT2D eigenvalue weighted by molar-refractivity contribution is 5.80. The molecule has 2 aliphatic rings. The number of nitrogens with one attached hydrogen (secondary N) is 3. The van der Waals surface area contributed by atoms with Gasteiger partial charge in [0.25, 0.3) is 0 Å². The van der Waals surface area contributed by atoms with Crippen LogP contribution in [0, 0.1) is 0 Å². The third-order valence-electron chi connectivity index (χ3n) is 5.71. The molecule has 4 N–H and O–H groups in total. The first-order valence-electron chi connectivity index (χ1n) is 12.6. The Balaban J connectivity index is 0.000000375. The van der Waals surface area contributed by atoms with Crippen LogP contribution in [0.15, 0.2) is 12.7 Å². The van der Waals surface area contributed by atoms with Crippen molar-refractivity contribution in [3.63, 3.8) is 0 Å². The Bertz CT molecular complexity index is 607. The number of ether oxygens (including phenoxy) is 2. The molecule has 0 heterocycles. The molecule has 0 aliphatic heterocycles. The summed E-state index contributed by atoms with van der Waals surface area (Å²) in [5, 5.41) is 17.4. The van der Waals surface area contributed by atoms with Gasteiger partial charge in [-0.25, -0.2) is 14.4 Å². The Morgan fingerprint density at radius 1 is 0.971 bits per heavy atom. The third kappa shape index (κ3) is 14.8. The first kappa shape index (κ1) is 29.7. The maximum atomic E-state index is 11.5. The number of alkyl carbamates (subject to hydrolysis) is 2. The van der Waals surface area contributed by atoms with E-state index in [0.717, 1.165) is 12.1 Å². The summed E-state index contributed by atoms with van der Waals surface area (Å²) in [7, 11) is 0. The first-order chi connectivity index (χ1) is 16.1. The van der Waals surface area contributed by atoms with Crippen molar-refractivity contribution in [3.05, 3.63) is 12.7 Å². The van der Waals surface area contributed by atoms with E-state index in [1.165, 1.54) is 70.3 Å². The van der Waals surface area contributed by atoms with Gasteiger partial charge in [0.15, 0.2) is 0 Å². The number of hydrogen-bond acceptors (Lipinski definition) is 6. The smallest absolute Gasteiger partial charge is 0.408 e. The van der Waals surface area contributed by atoms with E-state index in [9.17, 15) is 14.4 Å². The fourth-order valence-electron chi connectivity index (χ4n) is 4.08. The number of rotatable bonds is 9. The molecule has 196 valence electrons. The van der Waals surface area contributed by atoms with E-state index in [1.54, 1.807) is 20.8 Å². The predicted molar refractivity (Wildman–Crippen MR) is 132 cm³/mol. The lowest BCUT2D eigenvalue weighted by Gasteiger charge is -2.30. The Hall–Kier alpha value is -2.29. The number of carboxylic acids is 1. The van der Waals surface area contributed by atoms with Crippen LogP contribution in [0.5, 0.6) is 0 Å². The van der Waals surface area contributed by atoms with Gasteiger partial charge in [-0.2, -0.15) is 0 Å². The summed E-state index contributed by atoms with van der Waals surface area (Å²) >= 11 is 0. The first-order valence-corrected chi connectivity index (χ1v) is 12.6. The van der Waals surface area contributed by atoms with Gasteiger partial charge in [0, 0.05) is 18.6 Å².